The van der Waals surface area contributed by atoms with Crippen LogP contribution < -0.4 is 11.1 Å². The molecule has 0 atom stereocenters. The van der Waals surface area contributed by atoms with Crippen molar-refractivity contribution in [1.29, 1.82) is 0 Å². The first-order chi connectivity index (χ1) is 16.0. The van der Waals surface area contributed by atoms with Gasteiger partial charge in [-0.15, -0.1) is 0 Å². The molecule has 2 aromatic carbocycles. The second-order valence-corrected chi connectivity index (χ2v) is 9.09. The highest BCUT2D eigenvalue weighted by Gasteiger charge is 2.25. The van der Waals surface area contributed by atoms with Crippen LogP contribution in [-0.4, -0.2) is 27.0 Å². The molecule has 2 heterocycles. The van der Waals surface area contributed by atoms with Crippen LogP contribution in [0.2, 0.25) is 10.0 Å². The Morgan fingerprint density at radius 2 is 1.79 bits per heavy atom. The molecule has 2 aromatic heterocycles. The topological polar surface area (TPSA) is 85.8 Å². The van der Waals surface area contributed by atoms with Gasteiger partial charge in [-0.1, -0.05) is 47.0 Å². The Morgan fingerprint density at radius 1 is 1.06 bits per heavy atom. The average Bonchev–Trinajstić information content (AvgIpc) is 3.08. The van der Waals surface area contributed by atoms with Crippen LogP contribution in [0.4, 0.5) is 5.82 Å². The number of halogens is 2. The molecule has 168 valence electrons. The third-order valence-corrected chi connectivity index (χ3v) is 6.38. The predicted octanol–water partition coefficient (Wildman–Crippen LogP) is 6.08. The van der Waals surface area contributed by atoms with Crippen molar-refractivity contribution < 1.29 is 4.79 Å². The lowest BCUT2D eigenvalue weighted by molar-refractivity contribution is 0.0956. The number of aromatic nitrogens is 3. The summed E-state index contributed by atoms with van der Waals surface area (Å²) in [6, 6.07) is 12.6. The highest BCUT2D eigenvalue weighted by molar-refractivity contribution is 6.35. The number of fused-ring (bicyclic) bond motifs is 2. The molecule has 3 N–H and O–H groups in total. The zero-order valence-corrected chi connectivity index (χ0v) is 19.5. The monoisotopic (exact) mass is 479 g/mol. The summed E-state index contributed by atoms with van der Waals surface area (Å²) in [7, 11) is 0. The number of allylic oxidation sites excluding steroid dienone is 1. The maximum Gasteiger partial charge on any atom is 0.257 e. The summed E-state index contributed by atoms with van der Waals surface area (Å²) in [5, 5.41) is 3.94. The van der Waals surface area contributed by atoms with E-state index < -0.39 is 0 Å². The lowest BCUT2D eigenvalue weighted by Crippen LogP contribution is -2.26. The lowest BCUT2D eigenvalue weighted by atomic mass is 9.97. The molecule has 4 aromatic rings. The molecule has 8 heteroatoms. The molecule has 6 nitrogen and oxygen atoms in total. The number of para-hydroxylation sites is 2. The fourth-order valence-corrected chi connectivity index (χ4v) is 4.89. The fourth-order valence-electron chi connectivity index (χ4n) is 4.37. The summed E-state index contributed by atoms with van der Waals surface area (Å²) in [4.78, 5) is 22.8. The third kappa shape index (κ3) is 4.28. The van der Waals surface area contributed by atoms with Crippen molar-refractivity contribution in [2.24, 2.45) is 0 Å². The summed E-state index contributed by atoms with van der Waals surface area (Å²) >= 11 is 12.5. The molecular formula is C25H23Cl2N5O. The number of hydrogen-bond acceptors (Lipinski definition) is 4. The third-order valence-electron chi connectivity index (χ3n) is 5.95. The van der Waals surface area contributed by atoms with Gasteiger partial charge < -0.3 is 11.1 Å². The van der Waals surface area contributed by atoms with E-state index in [9.17, 15) is 4.79 Å². The van der Waals surface area contributed by atoms with Crippen molar-refractivity contribution in [3.8, 4) is 5.69 Å². The second-order valence-electron chi connectivity index (χ2n) is 8.22. The average molecular weight is 480 g/mol. The number of nitrogens with two attached hydrogens (primary N) is 1. The van der Waals surface area contributed by atoms with Crippen LogP contribution in [-0.2, 0) is 0 Å². The molecule has 0 saturated heterocycles. The maximum atomic E-state index is 13.3. The van der Waals surface area contributed by atoms with Crippen LogP contribution in [0, 0.1) is 0 Å². The summed E-state index contributed by atoms with van der Waals surface area (Å²) in [6.45, 7) is 0.542. The molecule has 0 radical (unpaired) electrons. The molecule has 5 rings (SSSR count). The number of anilines is 1. The van der Waals surface area contributed by atoms with Gasteiger partial charge in [0.15, 0.2) is 5.65 Å². The Bertz CT molecular complexity index is 1390. The van der Waals surface area contributed by atoms with Crippen molar-refractivity contribution in [2.75, 3.05) is 12.3 Å². The van der Waals surface area contributed by atoms with Crippen molar-refractivity contribution in [2.45, 2.75) is 32.1 Å². The van der Waals surface area contributed by atoms with Gasteiger partial charge in [-0.3, -0.25) is 9.36 Å². The first kappa shape index (κ1) is 21.7. The first-order valence-electron chi connectivity index (χ1n) is 11.0. The smallest absolute Gasteiger partial charge is 0.257 e. The van der Waals surface area contributed by atoms with Crippen molar-refractivity contribution >= 4 is 57.1 Å². The Hall–Kier alpha value is -3.09. The second kappa shape index (κ2) is 9.04. The van der Waals surface area contributed by atoms with Crippen LogP contribution in [0.1, 0.15) is 42.5 Å². The van der Waals surface area contributed by atoms with Crippen LogP contribution in [0.5, 0.6) is 0 Å². The van der Waals surface area contributed by atoms with E-state index >= 15 is 0 Å². The minimum atomic E-state index is -0.273. The summed E-state index contributed by atoms with van der Waals surface area (Å²) in [5.41, 5.74) is 11.2. The van der Waals surface area contributed by atoms with E-state index in [1.807, 2.05) is 24.3 Å². The van der Waals surface area contributed by atoms with E-state index in [1.165, 1.54) is 18.4 Å². The Morgan fingerprint density at radius 3 is 2.48 bits per heavy atom. The summed E-state index contributed by atoms with van der Waals surface area (Å²) < 4.78 is 1.69. The number of nitrogens with zero attached hydrogens (tertiary/aromatic N) is 3. The number of benzene rings is 2. The van der Waals surface area contributed by atoms with Gasteiger partial charge >= 0.3 is 0 Å². The van der Waals surface area contributed by atoms with Gasteiger partial charge in [0.2, 0.25) is 0 Å². The minimum absolute atomic E-state index is 0.244. The molecule has 0 spiro atoms. The van der Waals surface area contributed by atoms with Crippen LogP contribution in [0.15, 0.2) is 54.1 Å². The number of amides is 1. The quantitative estimate of drug-likeness (QED) is 0.339. The number of rotatable bonds is 5. The van der Waals surface area contributed by atoms with Crippen LogP contribution in [0.3, 0.4) is 0 Å². The number of carbonyl (C=O) groups is 1. The number of hydrogen-bond donors (Lipinski definition) is 2. The maximum absolute atomic E-state index is 13.3. The normalized spacial score (nSPS) is 13.9. The van der Waals surface area contributed by atoms with Gasteiger partial charge in [0.05, 0.1) is 16.7 Å². The highest BCUT2D eigenvalue weighted by Crippen LogP contribution is 2.33. The zero-order chi connectivity index (χ0) is 22.9. The van der Waals surface area contributed by atoms with Gasteiger partial charge in [-0.2, -0.15) is 0 Å². The number of nitrogens with one attached hydrogen (secondary N) is 1. The van der Waals surface area contributed by atoms with Crippen molar-refractivity contribution in [3.05, 3.63) is 69.7 Å². The van der Waals surface area contributed by atoms with Crippen molar-refractivity contribution in [3.63, 3.8) is 0 Å². The largest absolute Gasteiger partial charge is 0.384 e. The molecule has 0 bridgehead atoms. The van der Waals surface area contributed by atoms with Gasteiger partial charge in [0.25, 0.3) is 5.91 Å². The molecule has 0 unspecified atom stereocenters. The predicted molar refractivity (Wildman–Crippen MR) is 134 cm³/mol. The highest BCUT2D eigenvalue weighted by atomic mass is 35.5. The zero-order valence-electron chi connectivity index (χ0n) is 17.9. The molecular weight excluding hydrogens is 457 g/mol. The Balaban J connectivity index is 1.60. The fraction of sp³-hybridized carbons (Fsp3) is 0.240. The van der Waals surface area contributed by atoms with E-state index in [1.54, 1.807) is 22.8 Å². The van der Waals surface area contributed by atoms with E-state index in [-0.39, 0.29) is 11.7 Å². The van der Waals surface area contributed by atoms with Gasteiger partial charge in [0, 0.05) is 16.6 Å². The molecule has 1 amide bonds. The number of carbonyl (C=O) groups excluding carboxylic acids is 1. The van der Waals surface area contributed by atoms with Gasteiger partial charge in [0.1, 0.15) is 16.9 Å². The lowest BCUT2D eigenvalue weighted by Gasteiger charge is -2.13. The van der Waals surface area contributed by atoms with Crippen molar-refractivity contribution in [1.82, 2.24) is 19.9 Å². The standard InChI is InChI=1S/C25H23Cl2N5O/c26-16-12-17(27)14-18(13-16)32-23(28)21(25(33)29-11-10-15-6-2-1-3-7-15)22-24(32)31-20-9-5-4-8-19(20)30-22/h4-6,8-9,12-14H,1-3,7,10-11,28H2,(H,29,33). The molecule has 0 saturated carbocycles. The Kier molecular flexibility index (Phi) is 5.96. The molecule has 1 aliphatic rings. The SMILES string of the molecule is Nc1c(C(=O)NCCC2=CCCCC2)c2nc3ccccc3nc2n1-c1cc(Cl)cc(Cl)c1. The summed E-state index contributed by atoms with van der Waals surface area (Å²) in [6.07, 6.45) is 7.80. The van der Waals surface area contributed by atoms with Crippen LogP contribution in [0.25, 0.3) is 27.9 Å². The van der Waals surface area contributed by atoms with Gasteiger partial charge in [-0.05, 0) is 62.4 Å². The minimum Gasteiger partial charge on any atom is -0.384 e. The van der Waals surface area contributed by atoms with Crippen LogP contribution >= 0.6 is 23.2 Å². The van der Waals surface area contributed by atoms with E-state index in [4.69, 9.17) is 38.9 Å². The molecule has 1 aliphatic carbocycles. The molecule has 0 aliphatic heterocycles. The molecule has 0 fully saturated rings. The van der Waals surface area contributed by atoms with Gasteiger partial charge in [-0.25, -0.2) is 9.97 Å². The van der Waals surface area contributed by atoms with E-state index in [0.717, 1.165) is 19.3 Å². The first-order valence-corrected chi connectivity index (χ1v) is 11.8. The van der Waals surface area contributed by atoms with E-state index in [2.05, 4.69) is 11.4 Å². The number of nitrogen functional groups attached to an aromatic ring is 1. The van der Waals surface area contributed by atoms with E-state index in [0.29, 0.717) is 50.0 Å². The summed E-state index contributed by atoms with van der Waals surface area (Å²) in [5.74, 6) is -0.0293. The molecule has 33 heavy (non-hydrogen) atoms. The Labute approximate surface area is 201 Å².